The number of carbonyl (C=O) groups is 1. The van der Waals surface area contributed by atoms with Crippen LogP contribution < -0.4 is 5.32 Å². The van der Waals surface area contributed by atoms with Crippen LogP contribution in [0, 0.1) is 6.92 Å². The fraction of sp³-hybridized carbons (Fsp3) is 0.227. The minimum absolute atomic E-state index is 0.0117. The Morgan fingerprint density at radius 2 is 1.68 bits per heavy atom. The highest BCUT2D eigenvalue weighted by Gasteiger charge is 2.18. The number of para-hydroxylation sites is 1. The summed E-state index contributed by atoms with van der Waals surface area (Å²) in [7, 11) is 1.98. The molecule has 25 heavy (non-hydrogen) atoms. The molecule has 0 saturated heterocycles. The lowest BCUT2D eigenvalue weighted by molar-refractivity contribution is -0.120. The van der Waals surface area contributed by atoms with Crippen molar-refractivity contribution in [2.75, 3.05) is 12.4 Å². The zero-order valence-electron chi connectivity index (χ0n) is 15.0. The average Bonchev–Trinajstić information content (AvgIpc) is 2.62. The zero-order chi connectivity index (χ0) is 17.8. The Balaban J connectivity index is 1.67. The highest BCUT2D eigenvalue weighted by atomic mass is 16.2. The van der Waals surface area contributed by atoms with Crippen LogP contribution in [0.4, 0.5) is 5.69 Å². The van der Waals surface area contributed by atoms with Gasteiger partial charge in [-0.3, -0.25) is 9.69 Å². The number of hydrogen-bond acceptors (Lipinski definition) is 2. The summed E-state index contributed by atoms with van der Waals surface area (Å²) in [5.74, 6) is 0.0117. The molecule has 3 nitrogen and oxygen atoms in total. The van der Waals surface area contributed by atoms with Crippen LogP contribution in [0.1, 0.15) is 18.1 Å². The topological polar surface area (TPSA) is 32.3 Å². The van der Waals surface area contributed by atoms with Crippen molar-refractivity contribution in [2.24, 2.45) is 0 Å². The number of nitrogens with one attached hydrogen (secondary N) is 1. The van der Waals surface area contributed by atoms with Crippen LogP contribution in [0.2, 0.25) is 0 Å². The first-order valence-electron chi connectivity index (χ1n) is 8.59. The van der Waals surface area contributed by atoms with Crippen molar-refractivity contribution in [3.8, 4) is 0 Å². The molecule has 0 bridgehead atoms. The maximum atomic E-state index is 12.6. The monoisotopic (exact) mass is 332 g/mol. The van der Waals surface area contributed by atoms with Gasteiger partial charge in [-0.2, -0.15) is 0 Å². The fourth-order valence-electron chi connectivity index (χ4n) is 2.91. The molecule has 3 heteroatoms. The molecule has 0 aromatic heterocycles. The number of aryl methyl sites for hydroxylation is 1. The number of fused-ring (bicyclic) bond motifs is 1. The molecule has 3 aromatic carbocycles. The molecule has 0 aliphatic rings. The predicted octanol–water partition coefficient (Wildman–Crippen LogP) is 4.61. The standard InChI is InChI=1S/C22H24N2O/c1-16-8-4-7-11-21(16)23-22(25)17(2)24(3)15-18-12-13-19-9-5-6-10-20(19)14-18/h4-14,17H,15H2,1-3H3,(H,23,25)/t17-/m1/s1. The number of likely N-dealkylation sites (N-methyl/N-ethyl adjacent to an activating group) is 1. The van der Waals surface area contributed by atoms with Crippen LogP contribution >= 0.6 is 0 Å². The number of carbonyl (C=O) groups excluding carboxylic acids is 1. The predicted molar refractivity (Wildman–Crippen MR) is 105 cm³/mol. The SMILES string of the molecule is Cc1ccccc1NC(=O)[C@@H](C)N(C)Cc1ccc2ccccc2c1. The summed E-state index contributed by atoms with van der Waals surface area (Å²) in [6, 6.07) is 22.4. The molecule has 0 spiro atoms. The number of rotatable bonds is 5. The molecule has 128 valence electrons. The normalized spacial score (nSPS) is 12.3. The van der Waals surface area contributed by atoms with E-state index in [0.29, 0.717) is 0 Å². The van der Waals surface area contributed by atoms with E-state index in [0.717, 1.165) is 17.8 Å². The summed E-state index contributed by atoms with van der Waals surface area (Å²) < 4.78 is 0. The van der Waals surface area contributed by atoms with E-state index >= 15 is 0 Å². The molecular weight excluding hydrogens is 308 g/mol. The first-order chi connectivity index (χ1) is 12.0. The van der Waals surface area contributed by atoms with Gasteiger partial charge in [0.1, 0.15) is 0 Å². The number of hydrogen-bond donors (Lipinski definition) is 1. The van der Waals surface area contributed by atoms with Gasteiger partial charge in [-0.15, -0.1) is 0 Å². The van der Waals surface area contributed by atoms with Crippen molar-refractivity contribution in [2.45, 2.75) is 26.4 Å². The van der Waals surface area contributed by atoms with E-state index in [1.807, 2.05) is 57.3 Å². The summed E-state index contributed by atoms with van der Waals surface area (Å²) in [5, 5.41) is 5.49. The molecule has 0 radical (unpaired) electrons. The molecule has 0 aliphatic heterocycles. The third kappa shape index (κ3) is 4.06. The largest absolute Gasteiger partial charge is 0.324 e. The van der Waals surface area contributed by atoms with Gasteiger partial charge in [-0.1, -0.05) is 54.6 Å². The van der Waals surface area contributed by atoms with E-state index in [2.05, 4.69) is 40.5 Å². The molecule has 0 saturated carbocycles. The first-order valence-corrected chi connectivity index (χ1v) is 8.59. The maximum absolute atomic E-state index is 12.6. The van der Waals surface area contributed by atoms with Crippen molar-refractivity contribution in [1.82, 2.24) is 4.90 Å². The summed E-state index contributed by atoms with van der Waals surface area (Å²) >= 11 is 0. The van der Waals surface area contributed by atoms with Gasteiger partial charge in [-0.05, 0) is 54.9 Å². The third-order valence-corrected chi connectivity index (χ3v) is 4.69. The van der Waals surface area contributed by atoms with Gasteiger partial charge < -0.3 is 5.32 Å². The first kappa shape index (κ1) is 17.2. The van der Waals surface area contributed by atoms with Gasteiger partial charge in [0, 0.05) is 12.2 Å². The second kappa shape index (κ2) is 7.49. The zero-order valence-corrected chi connectivity index (χ0v) is 15.0. The van der Waals surface area contributed by atoms with E-state index < -0.39 is 0 Å². The van der Waals surface area contributed by atoms with Gasteiger partial charge in [0.2, 0.25) is 5.91 Å². The summed E-state index contributed by atoms with van der Waals surface area (Å²) in [6.07, 6.45) is 0. The molecule has 0 unspecified atom stereocenters. The molecular formula is C22H24N2O. The lowest BCUT2D eigenvalue weighted by Crippen LogP contribution is -2.39. The molecule has 3 rings (SSSR count). The van der Waals surface area contributed by atoms with Crippen molar-refractivity contribution >= 4 is 22.4 Å². The van der Waals surface area contributed by atoms with Crippen LogP contribution in [0.3, 0.4) is 0 Å². The fourth-order valence-corrected chi connectivity index (χ4v) is 2.91. The number of anilines is 1. The second-order valence-electron chi connectivity index (χ2n) is 6.58. The lowest BCUT2D eigenvalue weighted by atomic mass is 10.1. The minimum atomic E-state index is -0.217. The molecule has 1 N–H and O–H groups in total. The Morgan fingerprint density at radius 3 is 2.44 bits per heavy atom. The van der Waals surface area contributed by atoms with E-state index in [1.165, 1.54) is 16.3 Å². The minimum Gasteiger partial charge on any atom is -0.324 e. The molecule has 0 aliphatic carbocycles. The van der Waals surface area contributed by atoms with Crippen LogP contribution in [0.25, 0.3) is 10.8 Å². The van der Waals surface area contributed by atoms with Gasteiger partial charge in [-0.25, -0.2) is 0 Å². The van der Waals surface area contributed by atoms with E-state index in [4.69, 9.17) is 0 Å². The Bertz CT molecular complexity index is 888. The van der Waals surface area contributed by atoms with Gasteiger partial charge in [0.15, 0.2) is 0 Å². The van der Waals surface area contributed by atoms with Crippen molar-refractivity contribution in [1.29, 1.82) is 0 Å². The van der Waals surface area contributed by atoms with Crippen LogP contribution in [0.5, 0.6) is 0 Å². The van der Waals surface area contributed by atoms with Crippen LogP contribution in [-0.4, -0.2) is 23.9 Å². The van der Waals surface area contributed by atoms with Crippen molar-refractivity contribution in [3.63, 3.8) is 0 Å². The van der Waals surface area contributed by atoms with Gasteiger partial charge >= 0.3 is 0 Å². The number of nitrogens with zero attached hydrogens (tertiary/aromatic N) is 1. The molecule has 1 amide bonds. The van der Waals surface area contributed by atoms with Gasteiger partial charge in [0.25, 0.3) is 0 Å². The molecule has 0 heterocycles. The highest BCUT2D eigenvalue weighted by Crippen LogP contribution is 2.18. The van der Waals surface area contributed by atoms with Crippen LogP contribution in [-0.2, 0) is 11.3 Å². The quantitative estimate of drug-likeness (QED) is 0.740. The van der Waals surface area contributed by atoms with E-state index in [1.54, 1.807) is 0 Å². The smallest absolute Gasteiger partial charge is 0.241 e. The Labute approximate surface area is 149 Å². The summed E-state index contributed by atoms with van der Waals surface area (Å²) in [5.41, 5.74) is 3.15. The van der Waals surface area contributed by atoms with Crippen molar-refractivity contribution < 1.29 is 4.79 Å². The molecule has 1 atom stereocenters. The van der Waals surface area contributed by atoms with E-state index in [9.17, 15) is 4.79 Å². The van der Waals surface area contributed by atoms with Crippen molar-refractivity contribution in [3.05, 3.63) is 77.9 Å². The maximum Gasteiger partial charge on any atom is 0.241 e. The average molecular weight is 332 g/mol. The molecule has 3 aromatic rings. The van der Waals surface area contributed by atoms with Gasteiger partial charge in [0.05, 0.1) is 6.04 Å². The summed E-state index contributed by atoms with van der Waals surface area (Å²) in [4.78, 5) is 14.6. The Hall–Kier alpha value is -2.65. The number of amides is 1. The Kier molecular flexibility index (Phi) is 5.15. The Morgan fingerprint density at radius 1 is 1.00 bits per heavy atom. The highest BCUT2D eigenvalue weighted by molar-refractivity contribution is 5.95. The lowest BCUT2D eigenvalue weighted by Gasteiger charge is -2.24. The summed E-state index contributed by atoms with van der Waals surface area (Å²) in [6.45, 7) is 4.67. The molecule has 0 fully saturated rings. The second-order valence-corrected chi connectivity index (χ2v) is 6.58. The number of benzene rings is 3. The van der Waals surface area contributed by atoms with Crippen LogP contribution in [0.15, 0.2) is 66.7 Å². The van der Waals surface area contributed by atoms with E-state index in [-0.39, 0.29) is 11.9 Å². The third-order valence-electron chi connectivity index (χ3n) is 4.69.